The van der Waals surface area contributed by atoms with E-state index in [2.05, 4.69) is 41.5 Å². The molecule has 0 radical (unpaired) electrons. The van der Waals surface area contributed by atoms with Gasteiger partial charge in [-0.25, -0.2) is 0 Å². The summed E-state index contributed by atoms with van der Waals surface area (Å²) in [5.41, 5.74) is 0. The maximum atomic E-state index is 2.73. The van der Waals surface area contributed by atoms with Gasteiger partial charge in [-0.05, 0) is 134 Å². The molecule has 0 spiro atoms. The lowest BCUT2D eigenvalue weighted by molar-refractivity contribution is -0.119. The van der Waals surface area contributed by atoms with Crippen molar-refractivity contribution < 1.29 is 0 Å². The molecule has 14 atom stereocenters. The van der Waals surface area contributed by atoms with Crippen LogP contribution in [0.2, 0.25) is 0 Å². The van der Waals surface area contributed by atoms with Crippen LogP contribution in [-0.4, -0.2) is 0 Å². The molecule has 0 N–H and O–H groups in total. The second-order valence-corrected chi connectivity index (χ2v) is 15.7. The van der Waals surface area contributed by atoms with Crippen molar-refractivity contribution in [2.24, 2.45) is 82.9 Å². The Labute approximate surface area is 260 Å². The van der Waals surface area contributed by atoms with Crippen LogP contribution in [0.25, 0.3) is 0 Å². The molecule has 14 unspecified atom stereocenters. The molecule has 5 rings (SSSR count). The minimum atomic E-state index is 0.961. The zero-order valence-corrected chi connectivity index (χ0v) is 30.1. The molecule has 0 saturated heterocycles. The second kappa shape index (κ2) is 17.5. The Kier molecular flexibility index (Phi) is 15.1. The van der Waals surface area contributed by atoms with E-state index in [0.29, 0.717) is 0 Å². The first kappa shape index (κ1) is 35.5. The van der Waals surface area contributed by atoms with Crippen molar-refractivity contribution in [3.8, 4) is 0 Å². The highest BCUT2D eigenvalue weighted by Crippen LogP contribution is 2.62. The van der Waals surface area contributed by atoms with Gasteiger partial charge < -0.3 is 0 Å². The van der Waals surface area contributed by atoms with E-state index in [1.54, 1.807) is 57.8 Å². The van der Waals surface area contributed by atoms with Crippen LogP contribution >= 0.6 is 0 Å². The zero-order chi connectivity index (χ0) is 30.1. The van der Waals surface area contributed by atoms with Crippen LogP contribution in [0.3, 0.4) is 0 Å². The smallest absolute Gasteiger partial charge is 0.0324 e. The van der Waals surface area contributed by atoms with Crippen molar-refractivity contribution >= 4 is 0 Å². The molecule has 5 saturated carbocycles. The second-order valence-electron chi connectivity index (χ2n) is 15.7. The lowest BCUT2D eigenvalue weighted by Gasteiger charge is -2.60. The van der Waals surface area contributed by atoms with Crippen molar-refractivity contribution in [3.63, 3.8) is 0 Å². The first-order valence-corrected chi connectivity index (χ1v) is 20.0. The van der Waals surface area contributed by atoms with Crippen LogP contribution in [0.1, 0.15) is 178 Å². The Balaban J connectivity index is 0.00000111. The van der Waals surface area contributed by atoms with Crippen molar-refractivity contribution in [2.75, 3.05) is 0 Å². The van der Waals surface area contributed by atoms with Crippen LogP contribution in [0.15, 0.2) is 0 Å². The van der Waals surface area contributed by atoms with Gasteiger partial charge in [0, 0.05) is 0 Å². The van der Waals surface area contributed by atoms with Crippen LogP contribution in [-0.2, 0) is 0 Å². The van der Waals surface area contributed by atoms with Crippen LogP contribution < -0.4 is 0 Å². The summed E-state index contributed by atoms with van der Waals surface area (Å²) in [4.78, 5) is 0. The monoisotopic (exact) mass is 571 g/mol. The van der Waals surface area contributed by atoms with Gasteiger partial charge in [0.2, 0.25) is 0 Å². The van der Waals surface area contributed by atoms with E-state index in [4.69, 9.17) is 0 Å². The summed E-state index contributed by atoms with van der Waals surface area (Å²) < 4.78 is 0. The summed E-state index contributed by atoms with van der Waals surface area (Å²) in [6.07, 6.45) is 26.2. The molecule has 0 heterocycles. The Hall–Kier alpha value is 0. The number of fused-ring (bicyclic) bond motifs is 3. The summed E-state index contributed by atoms with van der Waals surface area (Å²) >= 11 is 0. The van der Waals surface area contributed by atoms with Crippen molar-refractivity contribution in [1.29, 1.82) is 0 Å². The van der Waals surface area contributed by atoms with Crippen molar-refractivity contribution in [1.82, 2.24) is 0 Å². The topological polar surface area (TPSA) is 0 Å². The highest BCUT2D eigenvalue weighted by molar-refractivity contribution is 5.03. The molecule has 0 aromatic heterocycles. The lowest BCUT2D eigenvalue weighted by atomic mass is 9.45. The summed E-state index contributed by atoms with van der Waals surface area (Å²) in [6.45, 7) is 23.6. The number of hydrogen-bond acceptors (Lipinski definition) is 0. The van der Waals surface area contributed by atoms with Gasteiger partial charge in [-0.2, -0.15) is 0 Å². The third-order valence-corrected chi connectivity index (χ3v) is 14.6. The van der Waals surface area contributed by atoms with E-state index in [1.165, 1.54) is 51.4 Å². The van der Waals surface area contributed by atoms with Gasteiger partial charge in [0.25, 0.3) is 0 Å². The average Bonchev–Trinajstić information content (AvgIpc) is 3.01. The standard InChI is InChI=1S/C37H66.2C2H6/c1-7-27-17-20-31(23-24(27)4)29-13-10-11-14-30(19-18-29)33-21-22-35-34-16-12-15-28(8-2)36(34)25(5)26(6)37(35)32(33)9-3;2*1-2/h24-37H,7-23H2,1-6H3;2*1-2H3. The van der Waals surface area contributed by atoms with E-state index in [9.17, 15) is 0 Å². The van der Waals surface area contributed by atoms with Gasteiger partial charge in [-0.15, -0.1) is 0 Å². The van der Waals surface area contributed by atoms with Gasteiger partial charge in [0.15, 0.2) is 0 Å². The summed E-state index contributed by atoms with van der Waals surface area (Å²) in [6, 6.07) is 0. The maximum absolute atomic E-state index is 2.73. The normalized spacial score (nSPS) is 46.7. The molecule has 41 heavy (non-hydrogen) atoms. The Bertz CT molecular complexity index is 694. The summed E-state index contributed by atoms with van der Waals surface area (Å²) in [7, 11) is 0. The minimum Gasteiger partial charge on any atom is -0.0683 e. The fourth-order valence-electron chi connectivity index (χ4n) is 12.6. The molecule has 0 aliphatic heterocycles. The van der Waals surface area contributed by atoms with E-state index in [0.717, 1.165) is 82.9 Å². The Morgan fingerprint density at radius 3 is 1.63 bits per heavy atom. The van der Waals surface area contributed by atoms with E-state index in [1.807, 2.05) is 27.7 Å². The van der Waals surface area contributed by atoms with Gasteiger partial charge >= 0.3 is 0 Å². The molecule has 5 aliphatic carbocycles. The molecule has 242 valence electrons. The zero-order valence-electron chi connectivity index (χ0n) is 30.1. The number of rotatable bonds is 5. The van der Waals surface area contributed by atoms with E-state index >= 15 is 0 Å². The molecular weight excluding hydrogens is 492 g/mol. The first-order valence-electron chi connectivity index (χ1n) is 20.0. The third-order valence-electron chi connectivity index (χ3n) is 14.6. The molecule has 5 aliphatic rings. The Morgan fingerprint density at radius 1 is 0.439 bits per heavy atom. The maximum Gasteiger partial charge on any atom is -0.0324 e. The average molecular weight is 571 g/mol. The Morgan fingerprint density at radius 2 is 1.00 bits per heavy atom. The van der Waals surface area contributed by atoms with E-state index in [-0.39, 0.29) is 0 Å². The highest BCUT2D eigenvalue weighted by atomic mass is 14.6. The van der Waals surface area contributed by atoms with Gasteiger partial charge in [-0.3, -0.25) is 0 Å². The summed E-state index contributed by atoms with van der Waals surface area (Å²) in [5, 5.41) is 0. The lowest BCUT2D eigenvalue weighted by Crippen LogP contribution is -2.54. The number of hydrogen-bond donors (Lipinski definition) is 0. The molecular formula is C41H78. The molecule has 0 aromatic rings. The predicted molar refractivity (Wildman–Crippen MR) is 184 cm³/mol. The van der Waals surface area contributed by atoms with Gasteiger partial charge in [0.1, 0.15) is 0 Å². The third kappa shape index (κ3) is 7.81. The molecule has 0 nitrogen and oxygen atoms in total. The predicted octanol–water partition coefficient (Wildman–Crippen LogP) is 13.5. The fraction of sp³-hybridized carbons (Fsp3) is 1.00. The first-order chi connectivity index (χ1) is 20.0. The van der Waals surface area contributed by atoms with Gasteiger partial charge in [-0.1, -0.05) is 127 Å². The van der Waals surface area contributed by atoms with E-state index < -0.39 is 0 Å². The van der Waals surface area contributed by atoms with Crippen LogP contribution in [0, 0.1) is 82.9 Å². The fourth-order valence-corrected chi connectivity index (χ4v) is 12.6. The van der Waals surface area contributed by atoms with Crippen molar-refractivity contribution in [2.45, 2.75) is 178 Å². The van der Waals surface area contributed by atoms with Crippen molar-refractivity contribution in [3.05, 3.63) is 0 Å². The van der Waals surface area contributed by atoms with Crippen LogP contribution in [0.5, 0.6) is 0 Å². The van der Waals surface area contributed by atoms with Crippen LogP contribution in [0.4, 0.5) is 0 Å². The SMILES string of the molecule is CC.CC.CCC1CCC(C2CCCCC(C3CCC4C5CCCC(CC)C5C(C)C(C)C4C3CC)CC2)CC1C. The quantitative estimate of drug-likeness (QED) is 0.308. The van der Waals surface area contributed by atoms with Gasteiger partial charge in [0.05, 0.1) is 0 Å². The molecule has 0 heteroatoms. The molecule has 5 fully saturated rings. The molecule has 0 aromatic carbocycles. The molecule has 0 bridgehead atoms. The highest BCUT2D eigenvalue weighted by Gasteiger charge is 2.55. The minimum absolute atomic E-state index is 0.961. The largest absolute Gasteiger partial charge is 0.0683 e. The molecule has 0 amide bonds. The summed E-state index contributed by atoms with van der Waals surface area (Å²) in [5.74, 6) is 14.5.